The number of nitriles is 1. The second-order valence-electron chi connectivity index (χ2n) is 6.28. The maximum Gasteiger partial charge on any atom is 0.349 e. The number of carbonyl (C=O) groups is 2. The van der Waals surface area contributed by atoms with Gasteiger partial charge in [-0.1, -0.05) is 13.8 Å². The number of esters is 1. The van der Waals surface area contributed by atoms with Gasteiger partial charge >= 0.3 is 5.97 Å². The van der Waals surface area contributed by atoms with Gasteiger partial charge in [0.25, 0.3) is 5.91 Å². The molecular weight excluding hydrogens is 306 g/mol. The second kappa shape index (κ2) is 8.34. The van der Waals surface area contributed by atoms with Gasteiger partial charge in [0.1, 0.15) is 11.6 Å². The van der Waals surface area contributed by atoms with Crippen LogP contribution in [0.5, 0.6) is 0 Å². The molecule has 0 aliphatic rings. The summed E-state index contributed by atoms with van der Waals surface area (Å²) in [5.41, 5.74) is 7.74. The van der Waals surface area contributed by atoms with Gasteiger partial charge in [0.2, 0.25) is 0 Å². The van der Waals surface area contributed by atoms with Crippen LogP contribution in [0, 0.1) is 31.1 Å². The van der Waals surface area contributed by atoms with Gasteiger partial charge in [0, 0.05) is 17.9 Å². The summed E-state index contributed by atoms with van der Waals surface area (Å²) < 4.78 is 7.05. The van der Waals surface area contributed by atoms with Crippen LogP contribution < -0.4 is 5.73 Å². The molecule has 0 aliphatic carbocycles. The molecule has 130 valence electrons. The van der Waals surface area contributed by atoms with Crippen molar-refractivity contribution >= 4 is 18.0 Å². The minimum Gasteiger partial charge on any atom is -0.448 e. The summed E-state index contributed by atoms with van der Waals surface area (Å²) in [7, 11) is 0. The van der Waals surface area contributed by atoms with Crippen LogP contribution in [-0.4, -0.2) is 22.5 Å². The number of hydrogen-bond donors (Lipinski definition) is 1. The van der Waals surface area contributed by atoms with Crippen molar-refractivity contribution in [1.29, 1.82) is 5.26 Å². The monoisotopic (exact) mass is 331 g/mol. The molecule has 6 heteroatoms. The third-order valence-corrected chi connectivity index (χ3v) is 3.87. The molecule has 0 saturated carbocycles. The zero-order valence-electron chi connectivity index (χ0n) is 14.9. The molecule has 1 rings (SSSR count). The second-order valence-corrected chi connectivity index (χ2v) is 6.28. The topological polar surface area (TPSA) is 98.1 Å². The molecule has 24 heavy (non-hydrogen) atoms. The number of hydrogen-bond acceptors (Lipinski definition) is 4. The van der Waals surface area contributed by atoms with Crippen molar-refractivity contribution in [2.24, 2.45) is 11.7 Å². The van der Waals surface area contributed by atoms with Crippen molar-refractivity contribution in [1.82, 2.24) is 4.57 Å². The Balaban J connectivity index is 3.05. The Morgan fingerprint density at radius 1 is 1.38 bits per heavy atom. The van der Waals surface area contributed by atoms with Gasteiger partial charge in [-0.25, -0.2) is 4.79 Å². The summed E-state index contributed by atoms with van der Waals surface area (Å²) in [6.07, 6.45) is 1.46. The first-order valence-electron chi connectivity index (χ1n) is 7.96. The van der Waals surface area contributed by atoms with E-state index >= 15 is 0 Å². The summed E-state index contributed by atoms with van der Waals surface area (Å²) in [6.45, 7) is 10.5. The minimum atomic E-state index is -1.08. The van der Waals surface area contributed by atoms with E-state index in [-0.39, 0.29) is 5.57 Å². The number of rotatable bonds is 7. The van der Waals surface area contributed by atoms with Crippen LogP contribution in [-0.2, 0) is 20.9 Å². The zero-order valence-corrected chi connectivity index (χ0v) is 14.9. The van der Waals surface area contributed by atoms with Crippen LogP contribution in [0.2, 0.25) is 0 Å². The third-order valence-electron chi connectivity index (χ3n) is 3.87. The predicted molar refractivity (Wildman–Crippen MR) is 91.7 cm³/mol. The normalized spacial score (nSPS) is 12.8. The Morgan fingerprint density at radius 3 is 2.50 bits per heavy atom. The van der Waals surface area contributed by atoms with E-state index in [0.717, 1.165) is 29.9 Å². The number of amides is 1. The van der Waals surface area contributed by atoms with Gasteiger partial charge in [-0.2, -0.15) is 5.26 Å². The van der Waals surface area contributed by atoms with E-state index in [1.165, 1.54) is 13.0 Å². The molecular formula is C18H25N3O3. The minimum absolute atomic E-state index is 0.160. The highest BCUT2D eigenvalue weighted by molar-refractivity contribution is 5.99. The predicted octanol–water partition coefficient (Wildman–Crippen LogP) is 2.48. The summed E-state index contributed by atoms with van der Waals surface area (Å²) >= 11 is 0. The molecule has 6 nitrogen and oxygen atoms in total. The molecule has 2 N–H and O–H groups in total. The summed E-state index contributed by atoms with van der Waals surface area (Å²) in [4.78, 5) is 23.0. The number of aromatic nitrogens is 1. The molecule has 0 bridgehead atoms. The van der Waals surface area contributed by atoms with Crippen molar-refractivity contribution < 1.29 is 14.3 Å². The van der Waals surface area contributed by atoms with Crippen LogP contribution >= 0.6 is 0 Å². The lowest BCUT2D eigenvalue weighted by molar-refractivity contribution is -0.149. The smallest absolute Gasteiger partial charge is 0.349 e. The molecule has 1 aromatic rings. The van der Waals surface area contributed by atoms with E-state index in [0.29, 0.717) is 5.92 Å². The molecule has 1 atom stereocenters. The number of primary amides is 1. The lowest BCUT2D eigenvalue weighted by Gasteiger charge is -2.11. The number of ether oxygens (including phenoxy) is 1. The first kappa shape index (κ1) is 19.5. The third kappa shape index (κ3) is 4.98. The molecule has 0 unspecified atom stereocenters. The van der Waals surface area contributed by atoms with Crippen LogP contribution in [0.25, 0.3) is 6.08 Å². The van der Waals surface area contributed by atoms with E-state index in [2.05, 4.69) is 18.4 Å². The van der Waals surface area contributed by atoms with Gasteiger partial charge in [0.05, 0.1) is 0 Å². The van der Waals surface area contributed by atoms with E-state index in [4.69, 9.17) is 10.5 Å². The van der Waals surface area contributed by atoms with Gasteiger partial charge < -0.3 is 15.0 Å². The Labute approximate surface area is 142 Å². The zero-order chi connectivity index (χ0) is 18.4. The van der Waals surface area contributed by atoms with Crippen LogP contribution in [0.1, 0.15) is 44.1 Å². The molecule has 1 heterocycles. The van der Waals surface area contributed by atoms with Crippen molar-refractivity contribution in [2.75, 3.05) is 0 Å². The van der Waals surface area contributed by atoms with Crippen molar-refractivity contribution in [3.8, 4) is 6.07 Å². The highest BCUT2D eigenvalue weighted by atomic mass is 16.5. The maximum absolute atomic E-state index is 12.0. The number of carbonyl (C=O) groups excluding carboxylic acids is 2. The molecule has 0 aliphatic heterocycles. The lowest BCUT2D eigenvalue weighted by atomic mass is 10.1. The first-order chi connectivity index (χ1) is 11.2. The fourth-order valence-corrected chi connectivity index (χ4v) is 2.28. The number of nitrogens with two attached hydrogens (primary N) is 1. The van der Waals surface area contributed by atoms with E-state index in [9.17, 15) is 14.9 Å². The Morgan fingerprint density at radius 2 is 2.00 bits per heavy atom. The molecule has 1 amide bonds. The van der Waals surface area contributed by atoms with Gasteiger partial charge in [-0.15, -0.1) is 0 Å². The standard InChI is InChI=1S/C18H25N3O3/c1-11(2)6-7-21-12(3)8-15(13(21)4)9-16(10-19)18(23)24-14(5)17(20)22/h8-9,11,14H,6-7H2,1-5H3,(H2,20,22)/b16-9+/t14-/m0/s1. The Kier molecular flexibility index (Phi) is 6.78. The van der Waals surface area contributed by atoms with Crippen LogP contribution in [0.15, 0.2) is 11.6 Å². The van der Waals surface area contributed by atoms with Crippen LogP contribution in [0.4, 0.5) is 0 Å². The molecule has 0 aromatic carbocycles. The van der Waals surface area contributed by atoms with Crippen LogP contribution in [0.3, 0.4) is 0 Å². The fraction of sp³-hybridized carbons (Fsp3) is 0.500. The highest BCUT2D eigenvalue weighted by Gasteiger charge is 2.19. The molecule has 1 aromatic heterocycles. The SMILES string of the molecule is Cc1cc(/C=C(\C#N)C(=O)O[C@@H](C)C(N)=O)c(C)n1CCC(C)C. The summed E-state index contributed by atoms with van der Waals surface area (Å²) in [5, 5.41) is 9.21. The van der Waals surface area contributed by atoms with Gasteiger partial charge in [-0.3, -0.25) is 4.79 Å². The Bertz CT molecular complexity index is 693. The maximum atomic E-state index is 12.0. The molecule has 0 saturated heterocycles. The van der Waals surface area contributed by atoms with Crippen molar-refractivity contribution in [3.05, 3.63) is 28.6 Å². The van der Waals surface area contributed by atoms with Gasteiger partial charge in [-0.05, 0) is 50.8 Å². The average Bonchev–Trinajstić information content (AvgIpc) is 2.76. The fourth-order valence-electron chi connectivity index (χ4n) is 2.28. The van der Waals surface area contributed by atoms with Crippen molar-refractivity contribution in [2.45, 2.75) is 53.7 Å². The highest BCUT2D eigenvalue weighted by Crippen LogP contribution is 2.20. The van der Waals surface area contributed by atoms with Gasteiger partial charge in [0.15, 0.2) is 6.10 Å². The van der Waals surface area contributed by atoms with E-state index < -0.39 is 18.0 Å². The average molecular weight is 331 g/mol. The largest absolute Gasteiger partial charge is 0.448 e. The van der Waals surface area contributed by atoms with Crippen molar-refractivity contribution in [3.63, 3.8) is 0 Å². The van der Waals surface area contributed by atoms with E-state index in [1.807, 2.05) is 26.0 Å². The van der Waals surface area contributed by atoms with E-state index in [1.54, 1.807) is 0 Å². The first-order valence-corrected chi connectivity index (χ1v) is 7.96. The molecule has 0 fully saturated rings. The number of nitrogens with zero attached hydrogens (tertiary/aromatic N) is 2. The summed E-state index contributed by atoms with van der Waals surface area (Å²) in [5.74, 6) is -1.02. The Hall–Kier alpha value is -2.55. The molecule has 0 spiro atoms. The molecule has 0 radical (unpaired) electrons. The lowest BCUT2D eigenvalue weighted by Crippen LogP contribution is -2.30. The summed E-state index contributed by atoms with van der Waals surface area (Å²) in [6, 6.07) is 3.75. The quantitative estimate of drug-likeness (QED) is 0.471. The number of aryl methyl sites for hydroxylation is 1.